The lowest BCUT2D eigenvalue weighted by Crippen LogP contribution is -2.52. The van der Waals surface area contributed by atoms with Crippen LogP contribution in [0.5, 0.6) is 5.75 Å². The minimum Gasteiger partial charge on any atom is -0.489 e. The monoisotopic (exact) mass is 447 g/mol. The van der Waals surface area contributed by atoms with Gasteiger partial charge in [-0.2, -0.15) is 0 Å². The number of ether oxygens (including phenoxy) is 3. The van der Waals surface area contributed by atoms with Gasteiger partial charge in [0.1, 0.15) is 29.2 Å². The van der Waals surface area contributed by atoms with Crippen LogP contribution in [0.2, 0.25) is 0 Å². The fraction of sp³-hybridized carbons (Fsp3) is 0.609. The average molecular weight is 448 g/mol. The third-order valence-electron chi connectivity index (χ3n) is 4.67. The molecule has 3 rings (SSSR count). The molecule has 0 aliphatic carbocycles. The van der Waals surface area contributed by atoms with Crippen molar-refractivity contribution in [2.75, 3.05) is 19.7 Å². The smallest absolute Gasteiger partial charge is 0.410 e. The maximum Gasteiger partial charge on any atom is 0.410 e. The zero-order valence-corrected chi connectivity index (χ0v) is 19.6. The van der Waals surface area contributed by atoms with Crippen molar-refractivity contribution in [1.82, 2.24) is 14.3 Å². The summed E-state index contributed by atoms with van der Waals surface area (Å²) in [5.41, 5.74) is 0.522. The highest BCUT2D eigenvalue weighted by Gasteiger charge is 2.34. The number of likely N-dealkylation sites (tertiary alicyclic amines) is 1. The highest BCUT2D eigenvalue weighted by molar-refractivity contribution is 5.75. The summed E-state index contributed by atoms with van der Waals surface area (Å²) >= 11 is 0. The zero-order chi connectivity index (χ0) is 23.7. The number of fused-ring (bicyclic) bond motifs is 1. The number of rotatable bonds is 6. The van der Waals surface area contributed by atoms with E-state index in [9.17, 15) is 14.7 Å². The minimum absolute atomic E-state index is 0.204. The van der Waals surface area contributed by atoms with E-state index in [0.29, 0.717) is 24.8 Å². The Bertz CT molecular complexity index is 966. The van der Waals surface area contributed by atoms with E-state index < -0.39 is 23.3 Å². The van der Waals surface area contributed by atoms with Crippen molar-refractivity contribution in [3.8, 4) is 5.75 Å². The van der Waals surface area contributed by atoms with Crippen LogP contribution in [-0.2, 0) is 20.7 Å². The van der Waals surface area contributed by atoms with Gasteiger partial charge in [0, 0.05) is 19.3 Å². The van der Waals surface area contributed by atoms with Gasteiger partial charge in [0.15, 0.2) is 6.10 Å². The number of hydrogen-bond acceptors (Lipinski definition) is 7. The van der Waals surface area contributed by atoms with Crippen molar-refractivity contribution < 1.29 is 28.9 Å². The first-order valence-electron chi connectivity index (χ1n) is 10.8. The van der Waals surface area contributed by atoms with Crippen molar-refractivity contribution in [2.45, 2.75) is 65.3 Å². The van der Waals surface area contributed by atoms with Crippen LogP contribution >= 0.6 is 0 Å². The average Bonchev–Trinajstić information content (AvgIpc) is 3.01. The van der Waals surface area contributed by atoms with Crippen molar-refractivity contribution in [1.29, 1.82) is 0 Å². The van der Waals surface area contributed by atoms with E-state index in [4.69, 9.17) is 14.2 Å². The molecular weight excluding hydrogens is 414 g/mol. The molecule has 1 amide bonds. The molecule has 1 atom stereocenters. The summed E-state index contributed by atoms with van der Waals surface area (Å²) in [7, 11) is 0. The Morgan fingerprint density at radius 2 is 1.75 bits per heavy atom. The zero-order valence-electron chi connectivity index (χ0n) is 19.6. The summed E-state index contributed by atoms with van der Waals surface area (Å²) in [5.74, 6) is 0.125. The number of nitrogens with zero attached hydrogens (tertiary/aromatic N) is 3. The molecule has 0 saturated carbocycles. The van der Waals surface area contributed by atoms with Gasteiger partial charge in [-0.15, -0.1) is 0 Å². The Kier molecular flexibility index (Phi) is 6.69. The number of imidazole rings is 1. The summed E-state index contributed by atoms with van der Waals surface area (Å²) in [6.45, 7) is 11.9. The first-order valence-corrected chi connectivity index (χ1v) is 10.8. The fourth-order valence-corrected chi connectivity index (χ4v) is 3.29. The van der Waals surface area contributed by atoms with E-state index in [0.717, 1.165) is 17.8 Å². The Morgan fingerprint density at radius 3 is 2.38 bits per heavy atom. The van der Waals surface area contributed by atoms with Gasteiger partial charge in [0.05, 0.1) is 11.9 Å². The van der Waals surface area contributed by atoms with Crippen molar-refractivity contribution >= 4 is 17.7 Å². The number of aliphatic hydroxyl groups is 1. The Balaban J connectivity index is 1.51. The van der Waals surface area contributed by atoms with E-state index >= 15 is 0 Å². The standard InChI is InChI=1S/C23H33N3O6/c1-22(2,3)31-20(28)18(27)14-30-17-7-8-19-24-16(12-25(19)13-17)9-15-10-26(11-15)21(29)32-23(4,5)6/h7-8,12-13,15,18,27H,9-11,14H2,1-6H3. The van der Waals surface area contributed by atoms with Crippen LogP contribution in [0, 0.1) is 5.92 Å². The molecule has 0 bridgehead atoms. The molecule has 32 heavy (non-hydrogen) atoms. The number of aromatic nitrogens is 2. The molecular formula is C23H33N3O6. The van der Waals surface area contributed by atoms with Crippen LogP contribution < -0.4 is 4.74 Å². The lowest BCUT2D eigenvalue weighted by Gasteiger charge is -2.39. The van der Waals surface area contributed by atoms with Gasteiger partial charge in [0.2, 0.25) is 0 Å². The number of amides is 1. The molecule has 0 radical (unpaired) electrons. The molecule has 1 aliphatic rings. The van der Waals surface area contributed by atoms with Crippen LogP contribution in [0.1, 0.15) is 47.2 Å². The minimum atomic E-state index is -1.37. The van der Waals surface area contributed by atoms with E-state index in [1.807, 2.05) is 37.4 Å². The van der Waals surface area contributed by atoms with Gasteiger partial charge in [-0.1, -0.05) is 0 Å². The summed E-state index contributed by atoms with van der Waals surface area (Å²) < 4.78 is 17.9. The van der Waals surface area contributed by atoms with Gasteiger partial charge >= 0.3 is 12.1 Å². The Morgan fingerprint density at radius 1 is 1.09 bits per heavy atom. The predicted octanol–water partition coefficient (Wildman–Crippen LogP) is 2.83. The van der Waals surface area contributed by atoms with Gasteiger partial charge in [-0.25, -0.2) is 14.6 Å². The van der Waals surface area contributed by atoms with Crippen molar-refractivity contribution in [2.24, 2.45) is 5.92 Å². The molecule has 1 aliphatic heterocycles. The normalized spacial score (nSPS) is 15.9. The maximum absolute atomic E-state index is 12.1. The van der Waals surface area contributed by atoms with Crippen LogP contribution in [0.3, 0.4) is 0 Å². The molecule has 9 nitrogen and oxygen atoms in total. The van der Waals surface area contributed by atoms with Crippen molar-refractivity contribution in [3.63, 3.8) is 0 Å². The highest BCUT2D eigenvalue weighted by Crippen LogP contribution is 2.23. The molecule has 176 valence electrons. The van der Waals surface area contributed by atoms with Crippen molar-refractivity contribution in [3.05, 3.63) is 30.2 Å². The molecule has 2 aromatic heterocycles. The van der Waals surface area contributed by atoms with E-state index in [1.54, 1.807) is 37.9 Å². The summed E-state index contributed by atoms with van der Waals surface area (Å²) in [4.78, 5) is 30.2. The number of aliphatic hydroxyl groups excluding tert-OH is 1. The van der Waals surface area contributed by atoms with Gasteiger partial charge in [-0.3, -0.25) is 0 Å². The molecule has 1 saturated heterocycles. The second-order valence-corrected chi connectivity index (χ2v) is 10.2. The second kappa shape index (κ2) is 8.97. The number of pyridine rings is 1. The Labute approximate surface area is 188 Å². The molecule has 1 fully saturated rings. The quantitative estimate of drug-likeness (QED) is 0.679. The van der Waals surface area contributed by atoms with Crippen LogP contribution in [0.15, 0.2) is 24.5 Å². The molecule has 3 heterocycles. The van der Waals surface area contributed by atoms with E-state index in [1.165, 1.54) is 0 Å². The molecule has 1 N–H and O–H groups in total. The van der Waals surface area contributed by atoms with Gasteiger partial charge in [-0.05, 0) is 66.0 Å². The third-order valence-corrected chi connectivity index (χ3v) is 4.67. The predicted molar refractivity (Wildman–Crippen MR) is 118 cm³/mol. The van der Waals surface area contributed by atoms with Gasteiger partial charge in [0.25, 0.3) is 0 Å². The number of esters is 1. The number of hydrogen-bond donors (Lipinski definition) is 1. The maximum atomic E-state index is 12.1. The largest absolute Gasteiger partial charge is 0.489 e. The molecule has 0 spiro atoms. The second-order valence-electron chi connectivity index (χ2n) is 10.2. The first-order chi connectivity index (χ1) is 14.8. The number of carbonyl (C=O) groups is 2. The fourth-order valence-electron chi connectivity index (χ4n) is 3.29. The first kappa shape index (κ1) is 23.8. The summed E-state index contributed by atoms with van der Waals surface area (Å²) in [6, 6.07) is 3.55. The molecule has 1 unspecified atom stereocenters. The van der Waals surface area contributed by atoms with Crippen LogP contribution in [-0.4, -0.2) is 68.5 Å². The molecule has 0 aromatic carbocycles. The SMILES string of the molecule is CC(C)(C)OC(=O)C(O)COc1ccc2nc(CC3CN(C(=O)OC(C)(C)C)C3)cn2c1. The summed E-state index contributed by atoms with van der Waals surface area (Å²) in [5, 5.41) is 9.96. The lowest BCUT2D eigenvalue weighted by atomic mass is 9.95. The van der Waals surface area contributed by atoms with Gasteiger partial charge < -0.3 is 28.6 Å². The summed E-state index contributed by atoms with van der Waals surface area (Å²) in [6.07, 6.45) is 2.78. The van der Waals surface area contributed by atoms with E-state index in [2.05, 4.69) is 4.98 Å². The van der Waals surface area contributed by atoms with E-state index in [-0.39, 0.29) is 12.7 Å². The highest BCUT2D eigenvalue weighted by atomic mass is 16.6. The third kappa shape index (κ3) is 6.59. The number of carbonyl (C=O) groups excluding carboxylic acids is 2. The molecule has 9 heteroatoms. The van der Waals surface area contributed by atoms with Crippen LogP contribution in [0.4, 0.5) is 4.79 Å². The molecule has 2 aromatic rings. The van der Waals surface area contributed by atoms with Crippen LogP contribution in [0.25, 0.3) is 5.65 Å². The topological polar surface area (TPSA) is 103 Å². The lowest BCUT2D eigenvalue weighted by molar-refractivity contribution is -0.166. The Hall–Kier alpha value is -2.81.